The Morgan fingerprint density at radius 3 is 2.00 bits per heavy atom. The minimum atomic E-state index is -2.40. The Kier molecular flexibility index (Phi) is 2.66. The summed E-state index contributed by atoms with van der Waals surface area (Å²) in [6.45, 7) is 0. The van der Waals surface area contributed by atoms with Crippen LogP contribution in [0.4, 0.5) is 4.79 Å². The van der Waals surface area contributed by atoms with Crippen LogP contribution in [0.3, 0.4) is 0 Å². The molecule has 17 heavy (non-hydrogen) atoms. The van der Waals surface area contributed by atoms with Gasteiger partial charge in [0.05, 0.1) is 11.1 Å². The van der Waals surface area contributed by atoms with E-state index in [4.69, 9.17) is 10.0 Å². The zero-order chi connectivity index (χ0) is 12.6. The van der Waals surface area contributed by atoms with Crippen LogP contribution < -0.4 is 0 Å². The zero-order valence-electron chi connectivity index (χ0n) is 8.36. The first-order chi connectivity index (χ1) is 8.02. The van der Waals surface area contributed by atoms with Crippen LogP contribution in [0.25, 0.3) is 0 Å². The molecule has 7 nitrogen and oxygen atoms in total. The van der Waals surface area contributed by atoms with Gasteiger partial charge in [-0.05, 0) is 12.1 Å². The predicted molar refractivity (Wildman–Crippen MR) is 53.6 cm³/mol. The minimum Gasteiger partial charge on any atom is -0.418 e. The summed E-state index contributed by atoms with van der Waals surface area (Å²) < 4.78 is 0. The van der Waals surface area contributed by atoms with E-state index in [1.165, 1.54) is 12.1 Å². The SMILES string of the molecule is O=C(ON1C(=O)c2ccccc2C1=O)B(O)O. The Morgan fingerprint density at radius 2 is 1.59 bits per heavy atom. The van der Waals surface area contributed by atoms with Crippen molar-refractivity contribution in [3.63, 3.8) is 0 Å². The van der Waals surface area contributed by atoms with Crippen molar-refractivity contribution in [2.24, 2.45) is 0 Å². The molecule has 1 aromatic carbocycles. The third-order valence-electron chi connectivity index (χ3n) is 2.15. The Morgan fingerprint density at radius 1 is 1.12 bits per heavy atom. The van der Waals surface area contributed by atoms with Crippen LogP contribution in [-0.2, 0) is 4.84 Å². The van der Waals surface area contributed by atoms with Gasteiger partial charge >= 0.3 is 13.0 Å². The van der Waals surface area contributed by atoms with E-state index in [0.717, 1.165) is 0 Å². The highest BCUT2D eigenvalue weighted by Crippen LogP contribution is 2.22. The quantitative estimate of drug-likeness (QED) is 0.523. The lowest BCUT2D eigenvalue weighted by Crippen LogP contribution is -2.38. The molecule has 8 heteroatoms. The molecule has 2 rings (SSSR count). The van der Waals surface area contributed by atoms with Gasteiger partial charge in [0.1, 0.15) is 0 Å². The van der Waals surface area contributed by atoms with E-state index in [-0.39, 0.29) is 16.2 Å². The van der Waals surface area contributed by atoms with Crippen LogP contribution in [0.15, 0.2) is 24.3 Å². The van der Waals surface area contributed by atoms with Gasteiger partial charge in [0.15, 0.2) is 0 Å². The highest BCUT2D eigenvalue weighted by molar-refractivity contribution is 6.76. The molecule has 0 aromatic heterocycles. The molecule has 1 aromatic rings. The Labute approximate surface area is 95.3 Å². The molecule has 1 aliphatic rings. The normalized spacial score (nSPS) is 13.6. The second kappa shape index (κ2) is 4.00. The van der Waals surface area contributed by atoms with Crippen molar-refractivity contribution in [1.82, 2.24) is 5.06 Å². The molecule has 0 bridgehead atoms. The van der Waals surface area contributed by atoms with Crippen molar-refractivity contribution in [3.8, 4) is 0 Å². The van der Waals surface area contributed by atoms with Gasteiger partial charge in [-0.15, -0.1) is 0 Å². The van der Waals surface area contributed by atoms with Crippen LogP contribution in [0.2, 0.25) is 0 Å². The molecule has 0 saturated heterocycles. The first-order valence-electron chi connectivity index (χ1n) is 4.58. The summed E-state index contributed by atoms with van der Waals surface area (Å²) in [7, 11) is -2.40. The van der Waals surface area contributed by atoms with Crippen molar-refractivity contribution in [1.29, 1.82) is 0 Å². The molecule has 0 unspecified atom stereocenters. The smallest absolute Gasteiger partial charge is 0.418 e. The van der Waals surface area contributed by atoms with Crippen LogP contribution in [-0.4, -0.2) is 39.9 Å². The van der Waals surface area contributed by atoms with Crippen molar-refractivity contribution >= 4 is 24.8 Å². The first kappa shape index (κ1) is 11.3. The van der Waals surface area contributed by atoms with E-state index in [9.17, 15) is 14.4 Å². The molecule has 2 N–H and O–H groups in total. The molecule has 2 amide bonds. The molecule has 0 spiro atoms. The Bertz CT molecular complexity index is 479. The number of carbonyl (C=O) groups excluding carboxylic acids is 3. The Hall–Kier alpha value is -2.19. The fourth-order valence-corrected chi connectivity index (χ4v) is 1.39. The van der Waals surface area contributed by atoms with Gasteiger partial charge in [-0.1, -0.05) is 17.2 Å². The van der Waals surface area contributed by atoms with Crippen LogP contribution in [0.1, 0.15) is 20.7 Å². The van der Waals surface area contributed by atoms with Gasteiger partial charge in [0.25, 0.3) is 11.8 Å². The third kappa shape index (κ3) is 1.79. The standard InChI is InChI=1S/C9H6BNO6/c12-7-5-3-1-2-4-6(5)8(13)11(7)17-9(14)10(15)16/h1-4,15-16H. The second-order valence-electron chi connectivity index (χ2n) is 3.23. The predicted octanol–water partition coefficient (Wildman–Crippen LogP) is -0.611. The number of hydroxylamine groups is 2. The van der Waals surface area contributed by atoms with Crippen LogP contribution in [0, 0.1) is 0 Å². The maximum atomic E-state index is 11.6. The molecule has 1 heterocycles. The lowest BCUT2D eigenvalue weighted by molar-refractivity contribution is -0.0380. The number of amides is 2. The van der Waals surface area contributed by atoms with Gasteiger partial charge in [-0.3, -0.25) is 14.4 Å². The van der Waals surface area contributed by atoms with Crippen LogP contribution >= 0.6 is 0 Å². The lowest BCUT2D eigenvalue weighted by atomic mass is 9.93. The fourth-order valence-electron chi connectivity index (χ4n) is 1.39. The Balaban J connectivity index is 2.28. The van der Waals surface area contributed by atoms with Gasteiger partial charge < -0.3 is 14.9 Å². The van der Waals surface area contributed by atoms with E-state index >= 15 is 0 Å². The number of carbonyl (C=O) groups is 3. The average molecular weight is 235 g/mol. The van der Waals surface area contributed by atoms with Crippen molar-refractivity contribution in [3.05, 3.63) is 35.4 Å². The average Bonchev–Trinajstić information content (AvgIpc) is 2.55. The fraction of sp³-hybridized carbons (Fsp3) is 0. The molecule has 1 aliphatic heterocycles. The summed E-state index contributed by atoms with van der Waals surface area (Å²) in [5.74, 6) is -3.14. The van der Waals surface area contributed by atoms with Crippen molar-refractivity contribution in [2.75, 3.05) is 0 Å². The number of hydrogen-bond acceptors (Lipinski definition) is 6. The van der Waals surface area contributed by atoms with Crippen molar-refractivity contribution < 1.29 is 29.3 Å². The summed E-state index contributed by atoms with van der Waals surface area (Å²) in [6.07, 6.45) is 0. The molecule has 86 valence electrons. The molecule has 0 atom stereocenters. The topological polar surface area (TPSA) is 104 Å². The summed E-state index contributed by atoms with van der Waals surface area (Å²) in [5, 5.41) is 17.2. The minimum absolute atomic E-state index is 0.0951. The summed E-state index contributed by atoms with van der Waals surface area (Å²) >= 11 is 0. The number of fused-ring (bicyclic) bond motifs is 1. The maximum Gasteiger partial charge on any atom is 0.582 e. The number of benzene rings is 1. The molecule has 0 radical (unpaired) electrons. The van der Waals surface area contributed by atoms with Crippen molar-refractivity contribution in [2.45, 2.75) is 0 Å². The molecular weight excluding hydrogens is 229 g/mol. The maximum absolute atomic E-state index is 11.6. The summed E-state index contributed by atoms with van der Waals surface area (Å²) in [4.78, 5) is 38.4. The van der Waals surface area contributed by atoms with Gasteiger partial charge in [0.2, 0.25) is 0 Å². The van der Waals surface area contributed by atoms with Gasteiger partial charge in [-0.2, -0.15) is 0 Å². The second-order valence-corrected chi connectivity index (χ2v) is 3.23. The van der Waals surface area contributed by atoms with E-state index < -0.39 is 24.8 Å². The van der Waals surface area contributed by atoms with E-state index in [2.05, 4.69) is 4.84 Å². The van der Waals surface area contributed by atoms with Gasteiger partial charge in [-0.25, -0.2) is 0 Å². The molecule has 0 saturated carbocycles. The lowest BCUT2D eigenvalue weighted by Gasteiger charge is -2.11. The highest BCUT2D eigenvalue weighted by Gasteiger charge is 2.40. The molecule has 0 fully saturated rings. The highest BCUT2D eigenvalue weighted by atomic mass is 16.7. The summed E-state index contributed by atoms with van der Waals surface area (Å²) in [5.41, 5.74) is 0.190. The van der Waals surface area contributed by atoms with Crippen LogP contribution in [0.5, 0.6) is 0 Å². The number of imide groups is 1. The molecular formula is C9H6BNO6. The first-order valence-corrected chi connectivity index (χ1v) is 4.58. The van der Waals surface area contributed by atoms with E-state index in [1.807, 2.05) is 0 Å². The third-order valence-corrected chi connectivity index (χ3v) is 2.15. The number of nitrogens with zero attached hydrogens (tertiary/aromatic N) is 1. The zero-order valence-corrected chi connectivity index (χ0v) is 8.36. The monoisotopic (exact) mass is 235 g/mol. The van der Waals surface area contributed by atoms with E-state index in [1.54, 1.807) is 12.1 Å². The molecule has 0 aliphatic carbocycles. The summed E-state index contributed by atoms with van der Waals surface area (Å²) in [6, 6.07) is 5.91. The number of hydrogen-bond donors (Lipinski definition) is 2. The van der Waals surface area contributed by atoms with Gasteiger partial charge in [0, 0.05) is 0 Å². The largest absolute Gasteiger partial charge is 0.582 e. The number of rotatable bonds is 2. The van der Waals surface area contributed by atoms with E-state index in [0.29, 0.717) is 0 Å².